The first-order chi connectivity index (χ1) is 22.5. The van der Waals surface area contributed by atoms with Crippen molar-refractivity contribution in [3.8, 4) is 5.69 Å². The summed E-state index contributed by atoms with van der Waals surface area (Å²) >= 11 is 0. The van der Waals surface area contributed by atoms with Gasteiger partial charge in [0, 0.05) is 55.3 Å². The largest absolute Gasteiger partial charge is 0.394 e. The van der Waals surface area contributed by atoms with Gasteiger partial charge in [-0.05, 0) is 69.4 Å². The van der Waals surface area contributed by atoms with Crippen LogP contribution < -0.4 is 14.2 Å². The summed E-state index contributed by atoms with van der Waals surface area (Å²) in [5, 5.41) is 0. The van der Waals surface area contributed by atoms with Crippen molar-refractivity contribution in [2.45, 2.75) is 58.4 Å². The molecule has 3 fully saturated rings. The number of halogens is 2. The van der Waals surface area contributed by atoms with E-state index in [4.69, 9.17) is 4.98 Å². The molecule has 1 saturated heterocycles. The third kappa shape index (κ3) is 6.59. The maximum atomic E-state index is 16.2. The minimum Gasteiger partial charge on any atom is -0.306 e. The summed E-state index contributed by atoms with van der Waals surface area (Å²) in [5.74, 6) is -0.0369. The molecule has 2 saturated carbocycles. The number of nitrogens with zero attached hydrogens (tertiary/aromatic N) is 6. The average Bonchev–Trinajstić information content (AvgIpc) is 3.98. The molecule has 2 aliphatic heterocycles. The van der Waals surface area contributed by atoms with Gasteiger partial charge < -0.3 is 9.47 Å². The average molecular weight is 665 g/mol. The lowest BCUT2D eigenvalue weighted by Gasteiger charge is -2.34. The number of allylic oxidation sites excluding steroid dienone is 3. The lowest BCUT2D eigenvalue weighted by Crippen LogP contribution is -2.48. The molecule has 9 nitrogen and oxygen atoms in total. The first-order valence-corrected chi connectivity index (χ1v) is 18.4. The number of benzene rings is 1. The standard InChI is InChI=1S/C35H44F2N7O2S/c1-22-15-26(17-38-16-23(22)2)28-20-44(34-29(36)9-10-30(32(34)37)40-47(45,46)21-25-7-8-25)31-18-39-35(42(4)33(28)31)41(3)27-11-13-43(14-12-27)19-24-5-6-24/h9-10,15-18,20,23-25,27,40H,5-8,11-14,19,21H2,1-4H3/q+1. The van der Waals surface area contributed by atoms with Crippen LogP contribution >= 0.6 is 0 Å². The van der Waals surface area contributed by atoms with E-state index in [2.05, 4.69) is 39.6 Å². The van der Waals surface area contributed by atoms with Crippen LogP contribution in [-0.4, -0.2) is 67.6 Å². The smallest absolute Gasteiger partial charge is 0.306 e. The molecule has 0 amide bonds. The number of aliphatic imine (C=N–C) groups is 1. The molecule has 0 spiro atoms. The summed E-state index contributed by atoms with van der Waals surface area (Å²) in [6.45, 7) is 7.44. The van der Waals surface area contributed by atoms with Crippen LogP contribution in [-0.2, 0) is 17.1 Å². The molecule has 2 aromatic heterocycles. The zero-order valence-electron chi connectivity index (χ0n) is 27.6. The highest BCUT2D eigenvalue weighted by atomic mass is 32.2. The Hall–Kier alpha value is -3.64. The molecular formula is C35H44F2N7O2S+. The summed E-state index contributed by atoms with van der Waals surface area (Å²) in [5.41, 5.74) is 3.23. The van der Waals surface area contributed by atoms with E-state index in [9.17, 15) is 8.42 Å². The summed E-state index contributed by atoms with van der Waals surface area (Å²) in [6.07, 6.45) is 15.5. The molecule has 47 heavy (non-hydrogen) atoms. The Morgan fingerprint density at radius 1 is 1.09 bits per heavy atom. The summed E-state index contributed by atoms with van der Waals surface area (Å²) in [7, 11) is 0.215. The lowest BCUT2D eigenvalue weighted by molar-refractivity contribution is -0.634. The molecular weight excluding hydrogens is 620 g/mol. The van der Waals surface area contributed by atoms with Crippen molar-refractivity contribution in [1.82, 2.24) is 14.5 Å². The van der Waals surface area contributed by atoms with E-state index < -0.39 is 21.7 Å². The van der Waals surface area contributed by atoms with Crippen LogP contribution in [0.5, 0.6) is 0 Å². The van der Waals surface area contributed by atoms with E-state index in [0.717, 1.165) is 85.0 Å². The van der Waals surface area contributed by atoms with Gasteiger partial charge in [0.1, 0.15) is 28.7 Å². The van der Waals surface area contributed by atoms with E-state index in [1.165, 1.54) is 24.0 Å². The van der Waals surface area contributed by atoms with Gasteiger partial charge >= 0.3 is 5.95 Å². The quantitative estimate of drug-likeness (QED) is 0.286. The number of anilines is 2. The van der Waals surface area contributed by atoms with Crippen molar-refractivity contribution in [2.75, 3.05) is 42.1 Å². The van der Waals surface area contributed by atoms with E-state index in [1.807, 2.05) is 24.8 Å². The number of hydrogen-bond acceptors (Lipinski definition) is 6. The number of fused-ring (bicyclic) bond motifs is 1. The monoisotopic (exact) mass is 664 g/mol. The summed E-state index contributed by atoms with van der Waals surface area (Å²) in [4.78, 5) is 14.2. The Kier molecular flexibility index (Phi) is 8.44. The molecule has 0 radical (unpaired) electrons. The first-order valence-electron chi connectivity index (χ1n) is 16.7. The zero-order chi connectivity index (χ0) is 33.0. The number of aromatic nitrogens is 3. The fraction of sp³-hybridized carbons (Fsp3) is 0.514. The second kappa shape index (κ2) is 12.4. The number of hydrogen-bond donors (Lipinski definition) is 1. The maximum Gasteiger partial charge on any atom is 0.394 e. The van der Waals surface area contributed by atoms with E-state index >= 15 is 8.78 Å². The minimum atomic E-state index is -3.79. The van der Waals surface area contributed by atoms with Crippen LogP contribution in [0, 0.1) is 29.4 Å². The van der Waals surface area contributed by atoms with Crippen molar-refractivity contribution < 1.29 is 21.8 Å². The van der Waals surface area contributed by atoms with Gasteiger partial charge in [-0.3, -0.25) is 14.6 Å². The zero-order valence-corrected chi connectivity index (χ0v) is 28.4. The molecule has 4 aliphatic rings. The number of nitrogens with one attached hydrogen (secondary N) is 1. The first kappa shape index (κ1) is 31.9. The van der Waals surface area contributed by atoms with Gasteiger partial charge in [0.15, 0.2) is 5.82 Å². The van der Waals surface area contributed by atoms with Crippen molar-refractivity contribution in [3.05, 3.63) is 59.6 Å². The Labute approximate surface area is 275 Å². The van der Waals surface area contributed by atoms with E-state index in [1.54, 1.807) is 18.6 Å². The van der Waals surface area contributed by atoms with E-state index in [0.29, 0.717) is 11.6 Å². The number of aryl methyl sites for hydroxylation is 1. The van der Waals surface area contributed by atoms with Crippen molar-refractivity contribution in [3.63, 3.8) is 0 Å². The fourth-order valence-corrected chi connectivity index (χ4v) is 8.44. The Balaban J connectivity index is 1.31. The fourth-order valence-electron chi connectivity index (χ4n) is 6.91. The van der Waals surface area contributed by atoms with Crippen molar-refractivity contribution >= 4 is 44.5 Å². The second-order valence-electron chi connectivity index (χ2n) is 14.0. The van der Waals surface area contributed by atoms with Crippen LogP contribution in [0.4, 0.5) is 20.4 Å². The van der Waals surface area contributed by atoms with Crippen LogP contribution in [0.15, 0.2) is 47.4 Å². The molecule has 3 aromatic rings. The van der Waals surface area contributed by atoms with Gasteiger partial charge in [0.25, 0.3) is 0 Å². The molecule has 250 valence electrons. The topological polar surface area (TPSA) is 86.7 Å². The van der Waals surface area contributed by atoms with Crippen LogP contribution in [0.25, 0.3) is 22.3 Å². The molecule has 1 atom stereocenters. The summed E-state index contributed by atoms with van der Waals surface area (Å²) in [6, 6.07) is 2.56. The highest BCUT2D eigenvalue weighted by Crippen LogP contribution is 2.36. The Morgan fingerprint density at radius 2 is 1.81 bits per heavy atom. The van der Waals surface area contributed by atoms with Gasteiger partial charge in [-0.15, -0.1) is 0 Å². The van der Waals surface area contributed by atoms with Gasteiger partial charge in [0.05, 0.1) is 31.6 Å². The number of likely N-dealkylation sites (tertiary alicyclic amines) is 1. The van der Waals surface area contributed by atoms with Gasteiger partial charge in [-0.1, -0.05) is 23.6 Å². The van der Waals surface area contributed by atoms with Crippen LogP contribution in [0.3, 0.4) is 0 Å². The second-order valence-corrected chi connectivity index (χ2v) is 15.8. The molecule has 1 aromatic carbocycles. The highest BCUT2D eigenvalue weighted by Gasteiger charge is 2.34. The Bertz CT molecular complexity index is 1900. The number of rotatable bonds is 10. The van der Waals surface area contributed by atoms with Crippen LogP contribution in [0.1, 0.15) is 57.9 Å². The molecule has 1 unspecified atom stereocenters. The SMILES string of the molecule is CC1=CC(c2cn(-c3c(F)ccc(NS(=O)(=O)CC4CC4)c3F)c3cnc(N(C)C4CCN(CC5CC5)CC4)[n+](C)c23)=CN=CC1C. The minimum absolute atomic E-state index is 0.0786. The third-order valence-electron chi connectivity index (χ3n) is 10.2. The predicted molar refractivity (Wildman–Crippen MR) is 182 cm³/mol. The van der Waals surface area contributed by atoms with Gasteiger partial charge in [0.2, 0.25) is 10.0 Å². The predicted octanol–water partition coefficient (Wildman–Crippen LogP) is 5.60. The van der Waals surface area contributed by atoms with E-state index in [-0.39, 0.29) is 29.0 Å². The molecule has 1 N–H and O–H groups in total. The number of sulfonamides is 1. The number of piperidine rings is 1. The highest BCUT2D eigenvalue weighted by molar-refractivity contribution is 7.92. The van der Waals surface area contributed by atoms with Gasteiger partial charge in [-0.25, -0.2) is 21.8 Å². The summed E-state index contributed by atoms with van der Waals surface area (Å²) < 4.78 is 63.3. The van der Waals surface area contributed by atoms with Crippen LogP contribution in [0.2, 0.25) is 0 Å². The molecule has 12 heteroatoms. The van der Waals surface area contributed by atoms with Crippen molar-refractivity contribution in [2.24, 2.45) is 29.8 Å². The van der Waals surface area contributed by atoms with Crippen molar-refractivity contribution in [1.29, 1.82) is 0 Å². The van der Waals surface area contributed by atoms with Gasteiger partial charge in [-0.2, -0.15) is 0 Å². The molecule has 7 rings (SSSR count). The molecule has 2 aliphatic carbocycles. The maximum absolute atomic E-state index is 16.2. The normalized spacial score (nSPS) is 21.1. The third-order valence-corrected chi connectivity index (χ3v) is 11.7. The molecule has 4 heterocycles. The lowest BCUT2D eigenvalue weighted by atomic mass is 10.00. The Morgan fingerprint density at radius 3 is 2.51 bits per heavy atom. The molecule has 0 bridgehead atoms.